The van der Waals surface area contributed by atoms with Crippen LogP contribution in [0.1, 0.15) is 9.67 Å². The number of alkyl halides is 3. The summed E-state index contributed by atoms with van der Waals surface area (Å²) >= 11 is 3.57. The summed E-state index contributed by atoms with van der Waals surface area (Å²) in [5.41, 5.74) is 0. The topological polar surface area (TPSA) is 29.1 Å². The zero-order valence-electron chi connectivity index (χ0n) is 9.54. The Kier molecular flexibility index (Phi) is 6.37. The molecule has 2 nitrogen and oxygen atoms in total. The molecular formula is C10H12F3NOS3. The molecule has 8 heteroatoms. The Balaban J connectivity index is 2.26. The molecule has 0 fully saturated rings. The molecule has 1 rings (SSSR count). The predicted octanol–water partition coefficient (Wildman–Crippen LogP) is 3.50. The van der Waals surface area contributed by atoms with Crippen molar-refractivity contribution in [3.05, 3.63) is 16.3 Å². The van der Waals surface area contributed by atoms with Crippen LogP contribution in [0.5, 0.6) is 0 Å². The van der Waals surface area contributed by atoms with E-state index in [1.165, 1.54) is 23.1 Å². The third kappa shape index (κ3) is 5.53. The lowest BCUT2D eigenvalue weighted by Gasteiger charge is -2.07. The fourth-order valence-electron chi connectivity index (χ4n) is 1.13. The van der Waals surface area contributed by atoms with Gasteiger partial charge in [-0.05, 0) is 17.7 Å². The molecule has 1 heterocycles. The first kappa shape index (κ1) is 15.7. The summed E-state index contributed by atoms with van der Waals surface area (Å²) < 4.78 is 35.6. The van der Waals surface area contributed by atoms with E-state index in [4.69, 9.17) is 0 Å². The fraction of sp³-hybridized carbons (Fsp3) is 0.500. The van der Waals surface area contributed by atoms with Crippen LogP contribution in [0.3, 0.4) is 0 Å². The highest BCUT2D eigenvalue weighted by Gasteiger charge is 2.26. The van der Waals surface area contributed by atoms with Gasteiger partial charge in [0.15, 0.2) is 0 Å². The second-order valence-corrected chi connectivity index (χ2v) is 6.11. The van der Waals surface area contributed by atoms with E-state index < -0.39 is 11.9 Å². The average molecular weight is 315 g/mol. The third-order valence-corrected chi connectivity index (χ3v) is 4.70. The molecule has 0 bridgehead atoms. The molecule has 102 valence electrons. The maximum absolute atomic E-state index is 11.9. The van der Waals surface area contributed by atoms with Gasteiger partial charge >= 0.3 is 6.18 Å². The van der Waals surface area contributed by atoms with Gasteiger partial charge in [-0.1, -0.05) is 0 Å². The Labute approximate surface area is 116 Å². The molecule has 0 spiro atoms. The van der Waals surface area contributed by atoms with Crippen molar-refractivity contribution in [2.45, 2.75) is 11.1 Å². The number of hydrogen-bond donors (Lipinski definition) is 1. The van der Waals surface area contributed by atoms with E-state index in [0.717, 1.165) is 16.7 Å². The van der Waals surface area contributed by atoms with E-state index in [0.29, 0.717) is 4.88 Å². The smallest absolute Gasteiger partial charge is 0.350 e. The summed E-state index contributed by atoms with van der Waals surface area (Å²) in [6, 6.07) is 1.85. The highest BCUT2D eigenvalue weighted by Crippen LogP contribution is 2.25. The van der Waals surface area contributed by atoms with Gasteiger partial charge in [0.2, 0.25) is 0 Å². The van der Waals surface area contributed by atoms with E-state index in [2.05, 4.69) is 5.32 Å². The average Bonchev–Trinajstić information content (AvgIpc) is 2.74. The van der Waals surface area contributed by atoms with Crippen molar-refractivity contribution in [2.24, 2.45) is 0 Å². The Morgan fingerprint density at radius 1 is 1.50 bits per heavy atom. The van der Waals surface area contributed by atoms with Crippen LogP contribution in [0.2, 0.25) is 0 Å². The van der Waals surface area contributed by atoms with Crippen molar-refractivity contribution in [3.63, 3.8) is 0 Å². The minimum Gasteiger partial charge on any atom is -0.350 e. The van der Waals surface area contributed by atoms with Crippen LogP contribution in [0.25, 0.3) is 0 Å². The van der Waals surface area contributed by atoms with E-state index in [1.807, 2.05) is 17.7 Å². The summed E-state index contributed by atoms with van der Waals surface area (Å²) in [5, 5.41) is 4.43. The zero-order valence-corrected chi connectivity index (χ0v) is 12.0. The number of amides is 1. The van der Waals surface area contributed by atoms with Gasteiger partial charge in [-0.2, -0.15) is 24.9 Å². The summed E-state index contributed by atoms with van der Waals surface area (Å²) in [5.74, 6) is -0.842. The maximum Gasteiger partial charge on any atom is 0.397 e. The lowest BCUT2D eigenvalue weighted by atomic mass is 10.4. The molecule has 0 saturated carbocycles. The standard InChI is InChI=1S/C10H12F3NOS3/c1-16-7-2-4-18-8(7)9(15)14-3-5-17-6-10(11,12)13/h2,4H,3,5-6H2,1H3,(H,14,15). The minimum absolute atomic E-state index is 0.220. The van der Waals surface area contributed by atoms with E-state index >= 15 is 0 Å². The van der Waals surface area contributed by atoms with E-state index in [-0.39, 0.29) is 18.2 Å². The largest absolute Gasteiger partial charge is 0.397 e. The van der Waals surface area contributed by atoms with Gasteiger partial charge in [-0.15, -0.1) is 23.1 Å². The SMILES string of the molecule is CSc1ccsc1C(=O)NCCSCC(F)(F)F. The van der Waals surface area contributed by atoms with Crippen LogP contribution in [-0.2, 0) is 0 Å². The second kappa shape index (κ2) is 7.30. The van der Waals surface area contributed by atoms with Gasteiger partial charge < -0.3 is 5.32 Å². The van der Waals surface area contributed by atoms with E-state index in [1.54, 1.807) is 0 Å². The summed E-state index contributed by atoms with van der Waals surface area (Å²) in [7, 11) is 0. The Morgan fingerprint density at radius 2 is 2.22 bits per heavy atom. The maximum atomic E-state index is 11.9. The fourth-order valence-corrected chi connectivity index (χ4v) is 3.42. The number of nitrogens with one attached hydrogen (secondary N) is 1. The summed E-state index contributed by atoms with van der Waals surface area (Å²) in [4.78, 5) is 13.2. The van der Waals surface area contributed by atoms with Gasteiger partial charge in [-0.25, -0.2) is 0 Å². The van der Waals surface area contributed by atoms with Gasteiger partial charge in [0.25, 0.3) is 5.91 Å². The van der Waals surface area contributed by atoms with Crippen LogP contribution in [0.4, 0.5) is 13.2 Å². The lowest BCUT2D eigenvalue weighted by molar-refractivity contribution is -0.105. The molecule has 1 aromatic heterocycles. The Bertz CT molecular complexity index is 392. The first-order valence-corrected chi connectivity index (χ1v) is 8.24. The molecule has 0 atom stereocenters. The first-order chi connectivity index (χ1) is 8.44. The number of halogens is 3. The molecule has 0 radical (unpaired) electrons. The van der Waals surface area contributed by atoms with Crippen molar-refractivity contribution >= 4 is 40.8 Å². The number of rotatable bonds is 6. The second-order valence-electron chi connectivity index (χ2n) is 3.24. The van der Waals surface area contributed by atoms with Crippen LogP contribution in [0.15, 0.2) is 16.3 Å². The monoisotopic (exact) mass is 315 g/mol. The van der Waals surface area contributed by atoms with Gasteiger partial charge in [0.05, 0.1) is 5.75 Å². The Morgan fingerprint density at radius 3 is 2.83 bits per heavy atom. The molecule has 0 aliphatic rings. The highest BCUT2D eigenvalue weighted by molar-refractivity contribution is 7.99. The molecule has 0 aromatic carbocycles. The lowest BCUT2D eigenvalue weighted by Crippen LogP contribution is -2.26. The minimum atomic E-state index is -4.14. The molecule has 0 saturated heterocycles. The number of hydrogen-bond acceptors (Lipinski definition) is 4. The number of carbonyl (C=O) groups excluding carboxylic acids is 1. The quantitative estimate of drug-likeness (QED) is 0.643. The van der Waals surface area contributed by atoms with Crippen LogP contribution in [0, 0.1) is 0 Å². The van der Waals surface area contributed by atoms with E-state index in [9.17, 15) is 18.0 Å². The van der Waals surface area contributed by atoms with Crippen molar-refractivity contribution in [1.82, 2.24) is 5.32 Å². The number of thioether (sulfide) groups is 2. The first-order valence-electron chi connectivity index (χ1n) is 4.98. The zero-order chi connectivity index (χ0) is 13.6. The van der Waals surface area contributed by atoms with Crippen molar-refractivity contribution in [1.29, 1.82) is 0 Å². The van der Waals surface area contributed by atoms with Gasteiger partial charge in [0.1, 0.15) is 4.88 Å². The summed E-state index contributed by atoms with van der Waals surface area (Å²) in [6.07, 6.45) is -2.27. The molecular weight excluding hydrogens is 303 g/mol. The van der Waals surface area contributed by atoms with Gasteiger partial charge in [-0.3, -0.25) is 4.79 Å². The molecule has 0 unspecified atom stereocenters. The molecule has 1 aromatic rings. The summed E-state index contributed by atoms with van der Waals surface area (Å²) in [6.45, 7) is 0.241. The molecule has 18 heavy (non-hydrogen) atoms. The molecule has 0 aliphatic heterocycles. The van der Waals surface area contributed by atoms with Crippen molar-refractivity contribution < 1.29 is 18.0 Å². The van der Waals surface area contributed by atoms with Crippen LogP contribution < -0.4 is 5.32 Å². The third-order valence-electron chi connectivity index (χ3n) is 1.85. The number of thiophene rings is 1. The van der Waals surface area contributed by atoms with Gasteiger partial charge in [0, 0.05) is 17.2 Å². The molecule has 1 N–H and O–H groups in total. The highest BCUT2D eigenvalue weighted by atomic mass is 32.2. The van der Waals surface area contributed by atoms with Crippen molar-refractivity contribution in [3.8, 4) is 0 Å². The molecule has 0 aliphatic carbocycles. The van der Waals surface area contributed by atoms with Crippen LogP contribution in [-0.4, -0.2) is 36.4 Å². The Hall–Kier alpha value is -0.340. The van der Waals surface area contributed by atoms with Crippen molar-refractivity contribution in [2.75, 3.05) is 24.3 Å². The normalized spacial score (nSPS) is 11.6. The molecule has 1 amide bonds. The predicted molar refractivity (Wildman–Crippen MR) is 71.8 cm³/mol. The van der Waals surface area contributed by atoms with Crippen LogP contribution >= 0.6 is 34.9 Å². The number of carbonyl (C=O) groups is 1.